The molecular formula is C24H32Cl2N6O3. The minimum absolute atomic E-state index is 0. The zero-order valence-corrected chi connectivity index (χ0v) is 21.6. The standard InChI is InChI=1S/C24H31ClN6O3.ClH/c1-3-4-5-21(28-23(33)27-18-8-6-17(25)7-9-18)22(32)29-12-10-19(11-13-29)30-15-20-14-26-16(2)31(20)24(30)34;/h6-9,14,19,21H,3-5,10-13,15H2,1-2H3,(H2,27,28,33);1H/t21-;/m1./s1. The summed E-state index contributed by atoms with van der Waals surface area (Å²) in [5.41, 5.74) is 1.52. The van der Waals surface area contributed by atoms with Crippen LogP contribution in [0.2, 0.25) is 5.02 Å². The summed E-state index contributed by atoms with van der Waals surface area (Å²) in [6, 6.07) is 5.86. The largest absolute Gasteiger partial charge is 0.341 e. The number of anilines is 1. The highest BCUT2D eigenvalue weighted by atomic mass is 35.5. The van der Waals surface area contributed by atoms with Crippen LogP contribution in [0.1, 0.15) is 50.5 Å². The quantitative estimate of drug-likeness (QED) is 0.561. The second-order valence-electron chi connectivity index (χ2n) is 8.90. The van der Waals surface area contributed by atoms with Gasteiger partial charge in [0, 0.05) is 29.8 Å². The van der Waals surface area contributed by atoms with Crippen molar-refractivity contribution in [2.24, 2.45) is 0 Å². The fourth-order valence-electron chi connectivity index (χ4n) is 4.66. The van der Waals surface area contributed by atoms with Crippen LogP contribution in [0, 0.1) is 6.92 Å². The molecule has 2 aliphatic rings. The van der Waals surface area contributed by atoms with Crippen LogP contribution >= 0.6 is 24.0 Å². The number of halogens is 2. The van der Waals surface area contributed by atoms with E-state index in [1.807, 2.05) is 16.7 Å². The van der Waals surface area contributed by atoms with E-state index in [0.717, 1.165) is 18.5 Å². The number of fused-ring (bicyclic) bond motifs is 1. The predicted molar refractivity (Wildman–Crippen MR) is 137 cm³/mol. The van der Waals surface area contributed by atoms with Crippen LogP contribution in [0.3, 0.4) is 0 Å². The summed E-state index contributed by atoms with van der Waals surface area (Å²) in [5.74, 6) is 0.633. The maximum absolute atomic E-state index is 13.3. The lowest BCUT2D eigenvalue weighted by atomic mass is 10.0. The maximum atomic E-state index is 13.3. The summed E-state index contributed by atoms with van der Waals surface area (Å²) in [5, 5.41) is 6.20. The first-order valence-corrected chi connectivity index (χ1v) is 12.2. The average molecular weight is 523 g/mol. The van der Waals surface area contributed by atoms with Gasteiger partial charge in [0.15, 0.2) is 0 Å². The number of carbonyl (C=O) groups excluding carboxylic acids is 3. The summed E-state index contributed by atoms with van der Waals surface area (Å²) < 4.78 is 1.67. The Morgan fingerprint density at radius 3 is 2.51 bits per heavy atom. The average Bonchev–Trinajstić information content (AvgIpc) is 3.37. The molecule has 35 heavy (non-hydrogen) atoms. The van der Waals surface area contributed by atoms with E-state index in [0.29, 0.717) is 55.4 Å². The molecule has 4 rings (SSSR count). The van der Waals surface area contributed by atoms with E-state index in [4.69, 9.17) is 11.6 Å². The number of nitrogens with zero attached hydrogens (tertiary/aromatic N) is 4. The van der Waals surface area contributed by atoms with Gasteiger partial charge in [-0.2, -0.15) is 0 Å². The summed E-state index contributed by atoms with van der Waals surface area (Å²) in [6.07, 6.45) is 5.53. The first kappa shape index (κ1) is 26.8. The molecule has 1 aromatic heterocycles. The molecule has 4 amide bonds. The first-order chi connectivity index (χ1) is 16.4. The molecule has 1 saturated heterocycles. The van der Waals surface area contributed by atoms with E-state index >= 15 is 0 Å². The number of carbonyl (C=O) groups is 3. The van der Waals surface area contributed by atoms with Crippen molar-refractivity contribution in [3.8, 4) is 0 Å². The Hall–Kier alpha value is -2.78. The Balaban J connectivity index is 0.00000342. The number of amides is 4. The van der Waals surface area contributed by atoms with Crippen LogP contribution in [-0.4, -0.2) is 62.5 Å². The number of likely N-dealkylation sites (tertiary alicyclic amines) is 1. The monoisotopic (exact) mass is 522 g/mol. The number of unbranched alkanes of at least 4 members (excludes halogenated alkanes) is 1. The van der Waals surface area contributed by atoms with Crippen LogP contribution in [0.5, 0.6) is 0 Å². The van der Waals surface area contributed by atoms with Gasteiger partial charge < -0.3 is 20.4 Å². The molecule has 2 aromatic rings. The van der Waals surface area contributed by atoms with Crippen molar-refractivity contribution >= 4 is 47.7 Å². The zero-order chi connectivity index (χ0) is 24.2. The molecule has 0 unspecified atom stereocenters. The van der Waals surface area contributed by atoms with Crippen LogP contribution < -0.4 is 10.6 Å². The molecule has 1 aromatic carbocycles. The second-order valence-corrected chi connectivity index (χ2v) is 9.34. The fourth-order valence-corrected chi connectivity index (χ4v) is 4.79. The van der Waals surface area contributed by atoms with Crippen molar-refractivity contribution < 1.29 is 14.4 Å². The number of aryl methyl sites for hydroxylation is 1. The van der Waals surface area contributed by atoms with Gasteiger partial charge in [-0.3, -0.25) is 9.36 Å². The van der Waals surface area contributed by atoms with Crippen molar-refractivity contribution in [1.29, 1.82) is 0 Å². The Bertz CT molecular complexity index is 1050. The van der Waals surface area contributed by atoms with E-state index in [2.05, 4.69) is 22.5 Å². The lowest BCUT2D eigenvalue weighted by Crippen LogP contribution is -2.53. The van der Waals surface area contributed by atoms with Crippen molar-refractivity contribution in [2.45, 2.75) is 64.6 Å². The first-order valence-electron chi connectivity index (χ1n) is 11.8. The van der Waals surface area contributed by atoms with Gasteiger partial charge in [-0.05, 0) is 50.5 Å². The lowest BCUT2D eigenvalue weighted by Gasteiger charge is -2.37. The summed E-state index contributed by atoms with van der Waals surface area (Å²) in [4.78, 5) is 46.6. The van der Waals surface area contributed by atoms with Gasteiger partial charge in [-0.1, -0.05) is 31.4 Å². The van der Waals surface area contributed by atoms with Gasteiger partial charge in [-0.15, -0.1) is 12.4 Å². The van der Waals surface area contributed by atoms with E-state index in [-0.39, 0.29) is 30.4 Å². The fraction of sp³-hybridized carbons (Fsp3) is 0.500. The van der Waals surface area contributed by atoms with Gasteiger partial charge in [0.05, 0.1) is 18.4 Å². The molecule has 0 radical (unpaired) electrons. The molecule has 0 aliphatic carbocycles. The van der Waals surface area contributed by atoms with Crippen molar-refractivity contribution in [2.75, 3.05) is 18.4 Å². The van der Waals surface area contributed by atoms with E-state index in [1.165, 1.54) is 0 Å². The number of piperidine rings is 1. The zero-order valence-electron chi connectivity index (χ0n) is 20.0. The molecule has 1 fully saturated rings. The molecule has 3 heterocycles. The molecule has 0 spiro atoms. The molecule has 190 valence electrons. The molecule has 11 heteroatoms. The van der Waals surface area contributed by atoms with E-state index in [1.54, 1.807) is 35.0 Å². The highest BCUT2D eigenvalue weighted by molar-refractivity contribution is 6.30. The van der Waals surface area contributed by atoms with Gasteiger partial charge in [0.2, 0.25) is 5.91 Å². The number of hydrogen-bond donors (Lipinski definition) is 2. The van der Waals surface area contributed by atoms with Crippen LogP contribution in [-0.2, 0) is 11.3 Å². The Morgan fingerprint density at radius 2 is 1.89 bits per heavy atom. The smallest absolute Gasteiger partial charge is 0.330 e. The van der Waals surface area contributed by atoms with Gasteiger partial charge in [-0.25, -0.2) is 14.6 Å². The van der Waals surface area contributed by atoms with Crippen molar-refractivity contribution in [1.82, 2.24) is 24.7 Å². The third-order valence-corrected chi connectivity index (χ3v) is 6.80. The highest BCUT2D eigenvalue weighted by Gasteiger charge is 2.37. The van der Waals surface area contributed by atoms with Gasteiger partial charge >= 0.3 is 12.1 Å². The molecule has 1 atom stereocenters. The van der Waals surface area contributed by atoms with Crippen LogP contribution in [0.4, 0.5) is 15.3 Å². The van der Waals surface area contributed by atoms with Crippen LogP contribution in [0.15, 0.2) is 30.5 Å². The van der Waals surface area contributed by atoms with E-state index < -0.39 is 12.1 Å². The normalized spacial score (nSPS) is 16.5. The Morgan fingerprint density at radius 1 is 1.20 bits per heavy atom. The predicted octanol–water partition coefficient (Wildman–Crippen LogP) is 4.42. The van der Waals surface area contributed by atoms with Gasteiger partial charge in [0.25, 0.3) is 0 Å². The lowest BCUT2D eigenvalue weighted by molar-refractivity contribution is -0.134. The Kier molecular flexibility index (Phi) is 9.02. The molecule has 2 aliphatic heterocycles. The summed E-state index contributed by atoms with van der Waals surface area (Å²) in [7, 11) is 0. The number of urea groups is 1. The minimum atomic E-state index is -0.591. The topological polar surface area (TPSA) is 99.6 Å². The third kappa shape index (κ3) is 6.08. The molecule has 0 saturated carbocycles. The van der Waals surface area contributed by atoms with Crippen molar-refractivity contribution in [3.05, 3.63) is 47.0 Å². The molecular weight excluding hydrogens is 491 g/mol. The number of imidazole rings is 1. The van der Waals surface area contributed by atoms with Gasteiger partial charge in [0.1, 0.15) is 11.9 Å². The third-order valence-electron chi connectivity index (χ3n) is 6.55. The number of aromatic nitrogens is 2. The van der Waals surface area contributed by atoms with Crippen LogP contribution in [0.25, 0.3) is 0 Å². The van der Waals surface area contributed by atoms with Crippen molar-refractivity contribution in [3.63, 3.8) is 0 Å². The highest BCUT2D eigenvalue weighted by Crippen LogP contribution is 2.26. The minimum Gasteiger partial charge on any atom is -0.341 e. The van der Waals surface area contributed by atoms with E-state index in [9.17, 15) is 14.4 Å². The molecule has 9 nitrogen and oxygen atoms in total. The summed E-state index contributed by atoms with van der Waals surface area (Å²) in [6.45, 7) is 5.56. The maximum Gasteiger partial charge on any atom is 0.330 e. The second kappa shape index (κ2) is 11.8. The number of benzene rings is 1. The number of rotatable bonds is 7. The SMILES string of the molecule is CCCC[C@@H](NC(=O)Nc1ccc(Cl)cc1)C(=O)N1CCC(N2Cc3cnc(C)n3C2=O)CC1.Cl. The molecule has 2 N–H and O–H groups in total. The number of nitrogens with one attached hydrogen (secondary N) is 2. The Labute approximate surface area is 216 Å². The number of hydrogen-bond acceptors (Lipinski definition) is 4. The summed E-state index contributed by atoms with van der Waals surface area (Å²) >= 11 is 5.90. The molecule has 0 bridgehead atoms.